The summed E-state index contributed by atoms with van der Waals surface area (Å²) in [6, 6.07) is 14.0. The highest BCUT2D eigenvalue weighted by molar-refractivity contribution is 7.89. The van der Waals surface area contributed by atoms with Gasteiger partial charge in [-0.3, -0.25) is 4.79 Å². The average Bonchev–Trinajstić information content (AvgIpc) is 2.87. The van der Waals surface area contributed by atoms with Gasteiger partial charge >= 0.3 is 0 Å². The molecule has 0 aromatic heterocycles. The van der Waals surface area contributed by atoms with Crippen LogP contribution in [0, 0.1) is 0 Å². The minimum absolute atomic E-state index is 0.00284. The number of anilines is 1. The van der Waals surface area contributed by atoms with Gasteiger partial charge in [0.1, 0.15) is 0 Å². The predicted molar refractivity (Wildman–Crippen MR) is 84.1 cm³/mol. The van der Waals surface area contributed by atoms with Crippen LogP contribution in [0.15, 0.2) is 53.4 Å². The third kappa shape index (κ3) is 3.18. The number of amides is 1. The van der Waals surface area contributed by atoms with Crippen molar-refractivity contribution < 1.29 is 13.2 Å². The van der Waals surface area contributed by atoms with E-state index in [1.165, 1.54) is 0 Å². The van der Waals surface area contributed by atoms with E-state index in [9.17, 15) is 13.2 Å². The first-order valence-corrected chi connectivity index (χ1v) is 8.49. The van der Waals surface area contributed by atoms with E-state index in [2.05, 4.69) is 10.0 Å². The fourth-order valence-electron chi connectivity index (χ4n) is 2.45. The van der Waals surface area contributed by atoms with Gasteiger partial charge in [-0.05, 0) is 35.7 Å². The largest absolute Gasteiger partial charge is 0.326 e. The summed E-state index contributed by atoms with van der Waals surface area (Å²) in [5.41, 5.74) is 2.82. The van der Waals surface area contributed by atoms with E-state index in [1.807, 2.05) is 18.2 Å². The van der Waals surface area contributed by atoms with Crippen molar-refractivity contribution in [3.05, 3.63) is 59.7 Å². The van der Waals surface area contributed by atoms with Gasteiger partial charge in [0.2, 0.25) is 15.9 Å². The van der Waals surface area contributed by atoms with Crippen LogP contribution in [0.1, 0.15) is 11.1 Å². The van der Waals surface area contributed by atoms with Gasteiger partial charge in [-0.25, -0.2) is 13.1 Å². The molecule has 114 valence electrons. The third-order valence-corrected chi connectivity index (χ3v) is 5.03. The molecule has 5 nitrogen and oxygen atoms in total. The van der Waals surface area contributed by atoms with Gasteiger partial charge in [0.25, 0.3) is 0 Å². The summed E-state index contributed by atoms with van der Waals surface area (Å²) in [5.74, 6) is -0.00284. The predicted octanol–water partition coefficient (Wildman–Crippen LogP) is 1.70. The van der Waals surface area contributed by atoms with Crippen LogP contribution < -0.4 is 10.0 Å². The second-order valence-corrected chi connectivity index (χ2v) is 6.94. The molecule has 0 saturated carbocycles. The van der Waals surface area contributed by atoms with E-state index in [0.717, 1.165) is 16.8 Å². The maximum Gasteiger partial charge on any atom is 0.240 e. The molecule has 0 unspecified atom stereocenters. The SMILES string of the molecule is O=C1Cc2cc(CCNS(=O)(=O)c3ccccc3)ccc2N1. The zero-order chi connectivity index (χ0) is 15.6. The first kappa shape index (κ1) is 14.7. The molecule has 0 fully saturated rings. The Hall–Kier alpha value is -2.18. The highest BCUT2D eigenvalue weighted by Gasteiger charge is 2.17. The lowest BCUT2D eigenvalue weighted by atomic mass is 10.1. The minimum Gasteiger partial charge on any atom is -0.326 e. The van der Waals surface area contributed by atoms with Crippen LogP contribution in [0.4, 0.5) is 5.69 Å². The van der Waals surface area contributed by atoms with Crippen molar-refractivity contribution in [1.29, 1.82) is 0 Å². The van der Waals surface area contributed by atoms with Gasteiger partial charge in [-0.15, -0.1) is 0 Å². The number of carbonyl (C=O) groups is 1. The van der Waals surface area contributed by atoms with E-state index in [-0.39, 0.29) is 10.8 Å². The monoisotopic (exact) mass is 316 g/mol. The number of hydrogen-bond acceptors (Lipinski definition) is 3. The molecule has 2 aromatic rings. The van der Waals surface area contributed by atoms with E-state index in [0.29, 0.717) is 19.4 Å². The Balaban J connectivity index is 1.62. The van der Waals surface area contributed by atoms with Crippen molar-refractivity contribution >= 4 is 21.6 Å². The summed E-state index contributed by atoms with van der Waals surface area (Å²) in [7, 11) is -3.47. The van der Waals surface area contributed by atoms with E-state index in [1.54, 1.807) is 30.3 Å². The lowest BCUT2D eigenvalue weighted by molar-refractivity contribution is -0.115. The molecule has 0 bridgehead atoms. The van der Waals surface area contributed by atoms with Crippen molar-refractivity contribution in [3.63, 3.8) is 0 Å². The maximum atomic E-state index is 12.1. The number of sulfonamides is 1. The summed E-state index contributed by atoms with van der Waals surface area (Å²) < 4.78 is 26.8. The summed E-state index contributed by atoms with van der Waals surface area (Å²) in [4.78, 5) is 11.6. The zero-order valence-electron chi connectivity index (χ0n) is 11.9. The molecule has 1 aliphatic heterocycles. The molecule has 1 amide bonds. The smallest absolute Gasteiger partial charge is 0.240 e. The van der Waals surface area contributed by atoms with Gasteiger partial charge in [0, 0.05) is 12.2 Å². The van der Waals surface area contributed by atoms with Gasteiger partial charge in [-0.1, -0.05) is 30.3 Å². The van der Waals surface area contributed by atoms with Crippen molar-refractivity contribution in [2.24, 2.45) is 0 Å². The third-order valence-electron chi connectivity index (χ3n) is 3.55. The standard InChI is InChI=1S/C16H16N2O3S/c19-16-11-13-10-12(6-7-15(13)18-16)8-9-17-22(20,21)14-4-2-1-3-5-14/h1-7,10,17H,8-9,11H2,(H,18,19). The van der Waals surface area contributed by atoms with Crippen molar-refractivity contribution in [2.45, 2.75) is 17.7 Å². The lowest BCUT2D eigenvalue weighted by Crippen LogP contribution is -2.25. The van der Waals surface area contributed by atoms with E-state index >= 15 is 0 Å². The summed E-state index contributed by atoms with van der Waals surface area (Å²) in [5, 5.41) is 2.78. The molecule has 22 heavy (non-hydrogen) atoms. The van der Waals surface area contributed by atoms with Crippen LogP contribution in [0.25, 0.3) is 0 Å². The van der Waals surface area contributed by atoms with Crippen LogP contribution in [0.3, 0.4) is 0 Å². The highest BCUT2D eigenvalue weighted by atomic mass is 32.2. The highest BCUT2D eigenvalue weighted by Crippen LogP contribution is 2.23. The topological polar surface area (TPSA) is 75.3 Å². The Labute approximate surface area is 129 Å². The average molecular weight is 316 g/mol. The van der Waals surface area contributed by atoms with E-state index in [4.69, 9.17) is 0 Å². The number of carbonyl (C=O) groups excluding carboxylic acids is 1. The number of nitrogens with one attached hydrogen (secondary N) is 2. The Morgan fingerprint density at radius 1 is 1.09 bits per heavy atom. The molecule has 0 radical (unpaired) electrons. The first-order valence-electron chi connectivity index (χ1n) is 7.01. The number of benzene rings is 2. The van der Waals surface area contributed by atoms with Crippen molar-refractivity contribution in [3.8, 4) is 0 Å². The second kappa shape index (κ2) is 5.90. The van der Waals surface area contributed by atoms with Crippen molar-refractivity contribution in [1.82, 2.24) is 4.72 Å². The summed E-state index contributed by atoms with van der Waals surface area (Å²) in [6.45, 7) is 0.317. The molecule has 1 aliphatic rings. The lowest BCUT2D eigenvalue weighted by Gasteiger charge is -2.07. The molecular weight excluding hydrogens is 300 g/mol. The summed E-state index contributed by atoms with van der Waals surface area (Å²) in [6.07, 6.45) is 0.965. The molecular formula is C16H16N2O3S. The fraction of sp³-hybridized carbons (Fsp3) is 0.188. The zero-order valence-corrected chi connectivity index (χ0v) is 12.7. The first-order chi connectivity index (χ1) is 10.5. The minimum atomic E-state index is -3.47. The van der Waals surface area contributed by atoms with Crippen LogP contribution in [0.2, 0.25) is 0 Å². The Morgan fingerprint density at radius 2 is 1.86 bits per heavy atom. The van der Waals surface area contributed by atoms with Gasteiger partial charge < -0.3 is 5.32 Å². The normalized spacial score (nSPS) is 13.7. The number of hydrogen-bond donors (Lipinski definition) is 2. The number of fused-ring (bicyclic) bond motifs is 1. The molecule has 2 N–H and O–H groups in total. The molecule has 3 rings (SSSR count). The molecule has 0 spiro atoms. The number of rotatable bonds is 5. The quantitative estimate of drug-likeness (QED) is 0.881. The van der Waals surface area contributed by atoms with Gasteiger partial charge in [-0.2, -0.15) is 0 Å². The molecule has 6 heteroatoms. The molecule has 0 saturated heterocycles. The molecule has 0 aliphatic carbocycles. The van der Waals surface area contributed by atoms with Crippen LogP contribution in [0.5, 0.6) is 0 Å². The molecule has 2 aromatic carbocycles. The molecule has 0 atom stereocenters. The van der Waals surface area contributed by atoms with Crippen molar-refractivity contribution in [2.75, 3.05) is 11.9 Å². The van der Waals surface area contributed by atoms with Gasteiger partial charge in [0.05, 0.1) is 11.3 Å². The fourth-order valence-corrected chi connectivity index (χ4v) is 3.50. The van der Waals surface area contributed by atoms with Crippen LogP contribution in [-0.2, 0) is 27.7 Å². The molecule has 1 heterocycles. The second-order valence-electron chi connectivity index (χ2n) is 5.18. The van der Waals surface area contributed by atoms with Gasteiger partial charge in [0.15, 0.2) is 0 Å². The Morgan fingerprint density at radius 3 is 2.64 bits per heavy atom. The van der Waals surface area contributed by atoms with Crippen LogP contribution in [-0.4, -0.2) is 20.9 Å². The maximum absolute atomic E-state index is 12.1. The summed E-state index contributed by atoms with van der Waals surface area (Å²) >= 11 is 0. The van der Waals surface area contributed by atoms with E-state index < -0.39 is 10.0 Å². The Bertz CT molecular complexity index is 801. The Kier molecular flexibility index (Phi) is 3.96. The van der Waals surface area contributed by atoms with Crippen LogP contribution >= 0.6 is 0 Å².